The van der Waals surface area contributed by atoms with E-state index in [1.165, 1.54) is 0 Å². The molecule has 158 valence electrons. The lowest BCUT2D eigenvalue weighted by atomic mass is 9.92. The summed E-state index contributed by atoms with van der Waals surface area (Å²) in [6, 6.07) is 11.2. The molecule has 2 aliphatic rings. The van der Waals surface area contributed by atoms with E-state index < -0.39 is 37.3 Å². The Morgan fingerprint density at radius 3 is 2.50 bits per heavy atom. The zero-order valence-corrected chi connectivity index (χ0v) is 16.4. The third-order valence-corrected chi connectivity index (χ3v) is 5.55. The van der Waals surface area contributed by atoms with E-state index in [4.69, 9.17) is 9.47 Å². The predicted octanol–water partition coefficient (Wildman–Crippen LogP) is 1.44. The van der Waals surface area contributed by atoms with Gasteiger partial charge >= 0.3 is 0 Å². The van der Waals surface area contributed by atoms with Crippen molar-refractivity contribution in [1.82, 2.24) is 0 Å². The van der Waals surface area contributed by atoms with Gasteiger partial charge in [-0.05, 0) is 47.4 Å². The maximum Gasteiger partial charge on any atom is 0.229 e. The van der Waals surface area contributed by atoms with Crippen LogP contribution in [-0.2, 0) is 4.74 Å². The number of allylic oxidation sites excluding steroid dienone is 1. The summed E-state index contributed by atoms with van der Waals surface area (Å²) in [5, 5.41) is 39.3. The summed E-state index contributed by atoms with van der Waals surface area (Å²) >= 11 is 0. The fourth-order valence-corrected chi connectivity index (χ4v) is 3.78. The van der Waals surface area contributed by atoms with Crippen LogP contribution in [-0.4, -0.2) is 63.5 Å². The van der Waals surface area contributed by atoms with Crippen molar-refractivity contribution in [2.75, 3.05) is 6.61 Å². The topological polar surface area (TPSA) is 116 Å². The first kappa shape index (κ1) is 20.7. The predicted molar refractivity (Wildman–Crippen MR) is 109 cm³/mol. The van der Waals surface area contributed by atoms with Gasteiger partial charge in [0, 0.05) is 12.0 Å². The minimum atomic E-state index is -1.50. The number of Topliss-reactive ketones (excluding diaryl/α,β-unsaturated/α-hetero) is 1. The van der Waals surface area contributed by atoms with Crippen molar-refractivity contribution < 1.29 is 34.7 Å². The molecule has 5 unspecified atom stereocenters. The van der Waals surface area contributed by atoms with Crippen LogP contribution in [0, 0.1) is 6.92 Å². The van der Waals surface area contributed by atoms with Gasteiger partial charge in [0.1, 0.15) is 30.2 Å². The van der Waals surface area contributed by atoms with Crippen molar-refractivity contribution in [3.63, 3.8) is 0 Å². The number of carbonyl (C=O) groups is 1. The second-order valence-corrected chi connectivity index (χ2v) is 7.63. The van der Waals surface area contributed by atoms with E-state index in [1.807, 2.05) is 49.4 Å². The summed E-state index contributed by atoms with van der Waals surface area (Å²) in [6.45, 7) is 1.31. The molecule has 7 nitrogen and oxygen atoms in total. The van der Waals surface area contributed by atoms with Crippen LogP contribution in [0.4, 0.5) is 0 Å². The maximum atomic E-state index is 12.2. The molecule has 30 heavy (non-hydrogen) atoms. The van der Waals surface area contributed by atoms with Crippen molar-refractivity contribution >= 4 is 11.9 Å². The molecule has 0 radical (unpaired) electrons. The van der Waals surface area contributed by atoms with Crippen molar-refractivity contribution in [3.05, 3.63) is 59.2 Å². The average Bonchev–Trinajstić information content (AvgIpc) is 2.75. The van der Waals surface area contributed by atoms with Gasteiger partial charge in [0.2, 0.25) is 6.29 Å². The van der Waals surface area contributed by atoms with E-state index in [9.17, 15) is 25.2 Å². The molecule has 1 fully saturated rings. The third kappa shape index (κ3) is 3.78. The number of aryl methyl sites for hydroxylation is 1. The minimum Gasteiger partial charge on any atom is -0.462 e. The molecule has 1 heterocycles. The smallest absolute Gasteiger partial charge is 0.229 e. The van der Waals surface area contributed by atoms with Crippen LogP contribution in [0.3, 0.4) is 0 Å². The summed E-state index contributed by atoms with van der Waals surface area (Å²) in [7, 11) is 0. The molecule has 1 saturated heterocycles. The average molecular weight is 412 g/mol. The van der Waals surface area contributed by atoms with Crippen LogP contribution in [0.25, 0.3) is 17.2 Å². The fourth-order valence-electron chi connectivity index (χ4n) is 3.78. The van der Waals surface area contributed by atoms with Gasteiger partial charge in [0.15, 0.2) is 5.78 Å². The Hall–Kier alpha value is -2.55. The SMILES string of the molecule is Cc1cc(-c2ccc3c(c2)C(=O)CC=C3)ccc1OC1OC(CO)C(O)C(O)C1O. The molecule has 4 N–H and O–H groups in total. The molecule has 1 aliphatic carbocycles. The molecule has 0 saturated carbocycles. The van der Waals surface area contributed by atoms with Gasteiger partial charge < -0.3 is 29.9 Å². The van der Waals surface area contributed by atoms with Crippen molar-refractivity contribution in [3.8, 4) is 16.9 Å². The molecule has 7 heteroatoms. The highest BCUT2D eigenvalue weighted by Gasteiger charge is 2.44. The first-order valence-corrected chi connectivity index (χ1v) is 9.81. The number of ketones is 1. The number of hydrogen-bond donors (Lipinski definition) is 4. The highest BCUT2D eigenvalue weighted by atomic mass is 16.7. The van der Waals surface area contributed by atoms with Gasteiger partial charge in [-0.1, -0.05) is 30.4 Å². The Kier molecular flexibility index (Phi) is 5.73. The Labute approximate surface area is 173 Å². The monoisotopic (exact) mass is 412 g/mol. The molecule has 5 atom stereocenters. The molecule has 0 spiro atoms. The van der Waals surface area contributed by atoms with Crippen LogP contribution in [0.2, 0.25) is 0 Å². The zero-order chi connectivity index (χ0) is 21.4. The van der Waals surface area contributed by atoms with Gasteiger partial charge in [-0.3, -0.25) is 4.79 Å². The first-order chi connectivity index (χ1) is 14.4. The molecule has 0 aromatic heterocycles. The highest BCUT2D eigenvalue weighted by Crippen LogP contribution is 2.31. The molecular formula is C23H24O7. The summed E-state index contributed by atoms with van der Waals surface area (Å²) < 4.78 is 11.1. The van der Waals surface area contributed by atoms with E-state index >= 15 is 0 Å². The molecule has 2 aromatic carbocycles. The number of ether oxygens (including phenoxy) is 2. The maximum absolute atomic E-state index is 12.2. The quantitative estimate of drug-likeness (QED) is 0.600. The Balaban J connectivity index is 1.56. The summed E-state index contributed by atoms with van der Waals surface area (Å²) in [4.78, 5) is 12.2. The number of aliphatic hydroxyl groups excluding tert-OH is 4. The Morgan fingerprint density at radius 2 is 1.77 bits per heavy atom. The fraction of sp³-hybridized carbons (Fsp3) is 0.348. The molecule has 0 amide bonds. The number of benzene rings is 2. The van der Waals surface area contributed by atoms with Crippen molar-refractivity contribution in [2.24, 2.45) is 0 Å². The molecule has 0 bridgehead atoms. The van der Waals surface area contributed by atoms with Crippen LogP contribution in [0.15, 0.2) is 42.5 Å². The van der Waals surface area contributed by atoms with Crippen LogP contribution < -0.4 is 4.74 Å². The second-order valence-electron chi connectivity index (χ2n) is 7.63. The standard InChI is InChI=1S/C23H24O7/c1-12-9-14(15-6-5-13-3-2-4-17(25)16(13)10-15)7-8-18(12)29-23-22(28)21(27)20(26)19(11-24)30-23/h2-3,5-10,19-24,26-28H,4,11H2,1H3. The molecule has 4 rings (SSSR count). The van der Waals surface area contributed by atoms with E-state index in [0.29, 0.717) is 17.7 Å². The number of fused-ring (bicyclic) bond motifs is 1. The number of carbonyl (C=O) groups excluding carboxylic acids is 1. The summed E-state index contributed by atoms with van der Waals surface area (Å²) in [5.74, 6) is 0.522. The van der Waals surface area contributed by atoms with Gasteiger partial charge in [0.05, 0.1) is 6.61 Å². The van der Waals surface area contributed by atoms with E-state index in [0.717, 1.165) is 22.3 Å². The van der Waals surface area contributed by atoms with Crippen molar-refractivity contribution in [2.45, 2.75) is 44.1 Å². The van der Waals surface area contributed by atoms with Gasteiger partial charge in [0.25, 0.3) is 0 Å². The van der Waals surface area contributed by atoms with Gasteiger partial charge in [-0.2, -0.15) is 0 Å². The number of aliphatic hydroxyl groups is 4. The molecular weight excluding hydrogens is 388 g/mol. The normalized spacial score (nSPS) is 28.3. The van der Waals surface area contributed by atoms with E-state index in [1.54, 1.807) is 6.07 Å². The first-order valence-electron chi connectivity index (χ1n) is 9.81. The number of hydrogen-bond acceptors (Lipinski definition) is 7. The Morgan fingerprint density at radius 1 is 1.03 bits per heavy atom. The Bertz CT molecular complexity index is 982. The third-order valence-electron chi connectivity index (χ3n) is 5.55. The highest BCUT2D eigenvalue weighted by molar-refractivity contribution is 6.03. The van der Waals surface area contributed by atoms with Crippen molar-refractivity contribution in [1.29, 1.82) is 0 Å². The summed E-state index contributed by atoms with van der Waals surface area (Å²) in [5.41, 5.74) is 4.18. The van der Waals surface area contributed by atoms with Gasteiger partial charge in [-0.15, -0.1) is 0 Å². The number of rotatable bonds is 4. The minimum absolute atomic E-state index is 0.0913. The van der Waals surface area contributed by atoms with E-state index in [2.05, 4.69) is 0 Å². The van der Waals surface area contributed by atoms with Crippen LogP contribution in [0.1, 0.15) is 27.9 Å². The largest absolute Gasteiger partial charge is 0.462 e. The van der Waals surface area contributed by atoms with Crippen LogP contribution in [0.5, 0.6) is 5.75 Å². The lowest BCUT2D eigenvalue weighted by Gasteiger charge is -2.39. The molecule has 2 aromatic rings. The second kappa shape index (κ2) is 8.29. The zero-order valence-electron chi connectivity index (χ0n) is 16.4. The lowest BCUT2D eigenvalue weighted by Crippen LogP contribution is -2.60. The van der Waals surface area contributed by atoms with Crippen LogP contribution >= 0.6 is 0 Å². The molecule has 1 aliphatic heterocycles. The summed E-state index contributed by atoms with van der Waals surface area (Å²) in [6.07, 6.45) is -2.46. The van der Waals surface area contributed by atoms with E-state index in [-0.39, 0.29) is 5.78 Å². The van der Waals surface area contributed by atoms with Gasteiger partial charge in [-0.25, -0.2) is 0 Å². The lowest BCUT2D eigenvalue weighted by molar-refractivity contribution is -0.277.